The van der Waals surface area contributed by atoms with E-state index in [1.165, 1.54) is 24.5 Å². The van der Waals surface area contributed by atoms with E-state index in [-0.39, 0.29) is 11.3 Å². The lowest BCUT2D eigenvalue weighted by molar-refractivity contribution is -0.154. The summed E-state index contributed by atoms with van der Waals surface area (Å²) in [6.45, 7) is 5.10. The number of rotatable bonds is 5. The van der Waals surface area contributed by atoms with Gasteiger partial charge in [0.1, 0.15) is 16.7 Å². The zero-order valence-corrected chi connectivity index (χ0v) is 15.1. The van der Waals surface area contributed by atoms with Crippen molar-refractivity contribution in [2.45, 2.75) is 42.9 Å². The molecule has 0 bridgehead atoms. The maximum atomic E-state index is 13.5. The van der Waals surface area contributed by atoms with Crippen LogP contribution in [-0.4, -0.2) is 25.0 Å². The molecule has 0 fully saturated rings. The molecule has 0 aliphatic heterocycles. The van der Waals surface area contributed by atoms with Crippen LogP contribution in [0.15, 0.2) is 53.7 Å². The summed E-state index contributed by atoms with van der Waals surface area (Å²) in [5, 5.41) is -1.21. The van der Waals surface area contributed by atoms with Crippen molar-refractivity contribution in [3.8, 4) is 0 Å². The zero-order valence-electron chi connectivity index (χ0n) is 14.3. The fourth-order valence-electron chi connectivity index (χ4n) is 2.32. The van der Waals surface area contributed by atoms with Crippen molar-refractivity contribution in [2.24, 2.45) is 0 Å². The fraction of sp³-hybridized carbons (Fsp3) is 0.333. The van der Waals surface area contributed by atoms with Crippen LogP contribution in [-0.2, 0) is 19.4 Å². The van der Waals surface area contributed by atoms with Gasteiger partial charge in [0.25, 0.3) is 0 Å². The molecule has 1 aromatic carbocycles. The summed E-state index contributed by atoms with van der Waals surface area (Å²) in [4.78, 5) is 15.9. The fourth-order valence-corrected chi connectivity index (χ4v) is 4.04. The number of pyridine rings is 1. The Morgan fingerprint density at radius 1 is 1.24 bits per heavy atom. The van der Waals surface area contributed by atoms with Gasteiger partial charge in [0, 0.05) is 12.4 Å². The van der Waals surface area contributed by atoms with Gasteiger partial charge in [-0.1, -0.05) is 12.1 Å². The molecule has 7 heteroatoms. The average molecular weight is 365 g/mol. The molecule has 0 N–H and O–H groups in total. The molecule has 25 heavy (non-hydrogen) atoms. The SMILES string of the molecule is CC(C)(C)OC(=O)CC(c1cccnc1)S(=O)(=O)c1cccc(F)c1. The smallest absolute Gasteiger partial charge is 0.307 e. The van der Waals surface area contributed by atoms with Gasteiger partial charge in [-0.2, -0.15) is 0 Å². The summed E-state index contributed by atoms with van der Waals surface area (Å²) >= 11 is 0. The highest BCUT2D eigenvalue weighted by Crippen LogP contribution is 2.32. The lowest BCUT2D eigenvalue weighted by atomic mass is 10.1. The van der Waals surface area contributed by atoms with Gasteiger partial charge in [-0.25, -0.2) is 12.8 Å². The number of ether oxygens (including phenoxy) is 1. The standard InChI is InChI=1S/C18H20FNO4S/c1-18(2,3)24-17(21)11-16(13-6-5-9-20-12-13)25(22,23)15-8-4-7-14(19)10-15/h4-10,12,16H,11H2,1-3H3. The van der Waals surface area contributed by atoms with Crippen LogP contribution in [0.3, 0.4) is 0 Å². The van der Waals surface area contributed by atoms with E-state index in [1.54, 1.807) is 32.9 Å². The third kappa shape index (κ3) is 5.09. The predicted octanol–water partition coefficient (Wildman–Crippen LogP) is 3.47. The zero-order chi connectivity index (χ0) is 18.7. The molecular formula is C18H20FNO4S. The average Bonchev–Trinajstić information content (AvgIpc) is 2.51. The summed E-state index contributed by atoms with van der Waals surface area (Å²) in [5.41, 5.74) is -0.392. The predicted molar refractivity (Wildman–Crippen MR) is 91.0 cm³/mol. The molecule has 1 heterocycles. The summed E-state index contributed by atoms with van der Waals surface area (Å²) in [6, 6.07) is 7.87. The van der Waals surface area contributed by atoms with Crippen LogP contribution in [0.4, 0.5) is 4.39 Å². The highest BCUT2D eigenvalue weighted by Gasteiger charge is 2.33. The number of esters is 1. The Morgan fingerprint density at radius 3 is 2.52 bits per heavy atom. The van der Waals surface area contributed by atoms with E-state index in [2.05, 4.69) is 4.98 Å². The largest absolute Gasteiger partial charge is 0.460 e. The summed E-state index contributed by atoms with van der Waals surface area (Å²) in [5.74, 6) is -1.32. The van der Waals surface area contributed by atoms with Crippen LogP contribution < -0.4 is 0 Å². The first-order valence-corrected chi connectivity index (χ1v) is 9.25. The van der Waals surface area contributed by atoms with E-state index >= 15 is 0 Å². The van der Waals surface area contributed by atoms with Crippen LogP contribution in [0.5, 0.6) is 0 Å². The highest BCUT2D eigenvalue weighted by molar-refractivity contribution is 7.91. The molecule has 2 rings (SSSR count). The van der Waals surface area contributed by atoms with Crippen molar-refractivity contribution in [1.82, 2.24) is 4.98 Å². The monoisotopic (exact) mass is 365 g/mol. The second-order valence-electron chi connectivity index (χ2n) is 6.57. The maximum Gasteiger partial charge on any atom is 0.307 e. The van der Waals surface area contributed by atoms with E-state index in [1.807, 2.05) is 0 Å². The molecule has 0 aliphatic carbocycles. The first-order valence-electron chi connectivity index (χ1n) is 7.71. The summed E-state index contributed by atoms with van der Waals surface area (Å²) in [7, 11) is -4.01. The molecule has 1 unspecified atom stereocenters. The normalized spacial score (nSPS) is 13.3. The highest BCUT2D eigenvalue weighted by atomic mass is 32.2. The summed E-state index contributed by atoms with van der Waals surface area (Å²) < 4.78 is 44.7. The van der Waals surface area contributed by atoms with Crippen molar-refractivity contribution < 1.29 is 22.3 Å². The van der Waals surface area contributed by atoms with Gasteiger partial charge in [0.05, 0.1) is 11.3 Å². The third-order valence-electron chi connectivity index (χ3n) is 3.33. The first-order chi connectivity index (χ1) is 11.6. The summed E-state index contributed by atoms with van der Waals surface area (Å²) in [6.07, 6.45) is 2.50. The van der Waals surface area contributed by atoms with Gasteiger partial charge < -0.3 is 4.74 Å². The Morgan fingerprint density at radius 2 is 1.96 bits per heavy atom. The van der Waals surface area contributed by atoms with E-state index in [9.17, 15) is 17.6 Å². The Labute approximate surface area is 146 Å². The number of carbonyl (C=O) groups excluding carboxylic acids is 1. The number of halogens is 1. The van der Waals surface area contributed by atoms with Gasteiger partial charge in [0.2, 0.25) is 0 Å². The van der Waals surface area contributed by atoms with Crippen LogP contribution in [0.1, 0.15) is 38.0 Å². The molecule has 5 nitrogen and oxygen atoms in total. The molecule has 0 amide bonds. The van der Waals surface area contributed by atoms with Crippen molar-refractivity contribution >= 4 is 15.8 Å². The lowest BCUT2D eigenvalue weighted by Gasteiger charge is -2.22. The van der Waals surface area contributed by atoms with E-state index < -0.39 is 32.5 Å². The second-order valence-corrected chi connectivity index (χ2v) is 8.70. The van der Waals surface area contributed by atoms with Crippen molar-refractivity contribution in [1.29, 1.82) is 0 Å². The molecule has 2 aromatic rings. The Hall–Kier alpha value is -2.28. The maximum absolute atomic E-state index is 13.5. The van der Waals surface area contributed by atoms with Crippen LogP contribution >= 0.6 is 0 Å². The number of hydrogen-bond acceptors (Lipinski definition) is 5. The number of nitrogens with zero attached hydrogens (tertiary/aromatic N) is 1. The van der Waals surface area contributed by atoms with Crippen molar-refractivity contribution in [3.05, 3.63) is 60.2 Å². The Bertz CT molecular complexity index is 845. The molecule has 0 spiro atoms. The second kappa shape index (κ2) is 7.31. The first kappa shape index (κ1) is 19.1. The molecule has 0 radical (unpaired) electrons. The van der Waals surface area contributed by atoms with Crippen molar-refractivity contribution in [3.63, 3.8) is 0 Å². The molecule has 134 valence electrons. The number of aromatic nitrogens is 1. The number of hydrogen-bond donors (Lipinski definition) is 0. The van der Waals surface area contributed by atoms with Gasteiger partial charge >= 0.3 is 5.97 Å². The number of benzene rings is 1. The van der Waals surface area contributed by atoms with E-state index in [0.717, 1.165) is 12.1 Å². The van der Waals surface area contributed by atoms with Gasteiger partial charge in [0.15, 0.2) is 9.84 Å². The number of sulfone groups is 1. The number of carbonyl (C=O) groups is 1. The Kier molecular flexibility index (Phi) is 5.57. The van der Waals surface area contributed by atoms with E-state index in [4.69, 9.17) is 4.74 Å². The van der Waals surface area contributed by atoms with Gasteiger partial charge in [-0.15, -0.1) is 0 Å². The molecule has 0 saturated carbocycles. The van der Waals surface area contributed by atoms with Gasteiger partial charge in [-0.3, -0.25) is 9.78 Å². The van der Waals surface area contributed by atoms with Crippen LogP contribution in [0.25, 0.3) is 0 Å². The topological polar surface area (TPSA) is 73.3 Å². The molecular weight excluding hydrogens is 345 g/mol. The van der Waals surface area contributed by atoms with Crippen LogP contribution in [0, 0.1) is 5.82 Å². The van der Waals surface area contributed by atoms with E-state index in [0.29, 0.717) is 5.56 Å². The molecule has 1 aromatic heterocycles. The molecule has 1 atom stereocenters. The minimum Gasteiger partial charge on any atom is -0.460 e. The third-order valence-corrected chi connectivity index (χ3v) is 5.43. The van der Waals surface area contributed by atoms with Crippen molar-refractivity contribution in [2.75, 3.05) is 0 Å². The minimum absolute atomic E-state index is 0.190. The molecule has 0 saturated heterocycles. The van der Waals surface area contributed by atoms with Crippen LogP contribution in [0.2, 0.25) is 0 Å². The quantitative estimate of drug-likeness (QED) is 0.759. The lowest BCUT2D eigenvalue weighted by Crippen LogP contribution is -2.27. The minimum atomic E-state index is -4.01. The van der Waals surface area contributed by atoms with Gasteiger partial charge in [-0.05, 0) is 50.6 Å². The Balaban J connectivity index is 2.43. The molecule has 0 aliphatic rings.